The van der Waals surface area contributed by atoms with E-state index in [1.165, 1.54) is 6.33 Å². The summed E-state index contributed by atoms with van der Waals surface area (Å²) in [4.78, 5) is 10.8. The first kappa shape index (κ1) is 13.6. The van der Waals surface area contributed by atoms with Crippen LogP contribution in [0.5, 0.6) is 0 Å². The number of nitrogens with zero attached hydrogens (tertiary/aromatic N) is 3. The molecular weight excluding hydrogens is 250 g/mol. The molecule has 0 bridgehead atoms. The van der Waals surface area contributed by atoms with Crippen molar-refractivity contribution < 1.29 is 4.74 Å². The predicted molar refractivity (Wildman–Crippen MR) is 73.4 cm³/mol. The zero-order valence-corrected chi connectivity index (χ0v) is 12.2. The molecule has 1 aromatic heterocycles. The van der Waals surface area contributed by atoms with E-state index >= 15 is 0 Å². The lowest BCUT2D eigenvalue weighted by Gasteiger charge is -2.39. The summed E-state index contributed by atoms with van der Waals surface area (Å²) in [6, 6.07) is 0. The summed E-state index contributed by atoms with van der Waals surface area (Å²) < 4.78 is 5.73. The van der Waals surface area contributed by atoms with Gasteiger partial charge in [-0.2, -0.15) is 0 Å². The molecule has 1 saturated heterocycles. The smallest absolute Gasteiger partial charge is 0.138 e. The highest BCUT2D eigenvalue weighted by atomic mass is 35.5. The third kappa shape index (κ3) is 2.75. The van der Waals surface area contributed by atoms with Crippen molar-refractivity contribution >= 4 is 17.4 Å². The third-order valence-corrected chi connectivity index (χ3v) is 3.42. The van der Waals surface area contributed by atoms with Crippen LogP contribution in [0.15, 0.2) is 6.33 Å². The minimum absolute atomic E-state index is 0.149. The van der Waals surface area contributed by atoms with Crippen LogP contribution in [0.1, 0.15) is 39.2 Å². The van der Waals surface area contributed by atoms with Gasteiger partial charge in [-0.25, -0.2) is 9.97 Å². The second kappa shape index (κ2) is 5.02. The molecule has 0 spiro atoms. The van der Waals surface area contributed by atoms with Crippen LogP contribution in [0, 0.1) is 0 Å². The molecule has 100 valence electrons. The maximum Gasteiger partial charge on any atom is 0.138 e. The summed E-state index contributed by atoms with van der Waals surface area (Å²) in [5, 5.41) is 0.555. The van der Waals surface area contributed by atoms with E-state index in [-0.39, 0.29) is 5.60 Å². The number of hydrogen-bond donors (Lipinski definition) is 0. The van der Waals surface area contributed by atoms with Crippen molar-refractivity contribution in [1.29, 1.82) is 0 Å². The molecule has 1 aliphatic rings. The number of morpholine rings is 1. The van der Waals surface area contributed by atoms with Crippen LogP contribution < -0.4 is 4.90 Å². The van der Waals surface area contributed by atoms with Crippen LogP contribution in [0.3, 0.4) is 0 Å². The molecule has 4 nitrogen and oxygen atoms in total. The van der Waals surface area contributed by atoms with Gasteiger partial charge in [0.15, 0.2) is 0 Å². The molecule has 0 amide bonds. The molecule has 5 heteroatoms. The molecule has 1 aromatic rings. The van der Waals surface area contributed by atoms with Gasteiger partial charge in [0.1, 0.15) is 17.3 Å². The van der Waals surface area contributed by atoms with Gasteiger partial charge in [-0.1, -0.05) is 25.4 Å². The Kier molecular flexibility index (Phi) is 3.78. The molecule has 1 aliphatic heterocycles. The van der Waals surface area contributed by atoms with Gasteiger partial charge in [0.2, 0.25) is 0 Å². The zero-order chi connectivity index (χ0) is 13.3. The van der Waals surface area contributed by atoms with Crippen molar-refractivity contribution in [3.05, 3.63) is 17.0 Å². The van der Waals surface area contributed by atoms with Gasteiger partial charge in [-0.15, -0.1) is 0 Å². The second-order valence-corrected chi connectivity index (χ2v) is 5.94. The molecule has 0 atom stereocenters. The Morgan fingerprint density at radius 1 is 1.39 bits per heavy atom. The van der Waals surface area contributed by atoms with E-state index in [1.807, 2.05) is 0 Å². The first-order valence-electron chi connectivity index (χ1n) is 6.30. The summed E-state index contributed by atoms with van der Waals surface area (Å²) >= 11 is 6.21. The fraction of sp³-hybridized carbons (Fsp3) is 0.692. The molecule has 1 fully saturated rings. The van der Waals surface area contributed by atoms with Crippen molar-refractivity contribution in [3.8, 4) is 0 Å². The van der Waals surface area contributed by atoms with Crippen molar-refractivity contribution in [2.75, 3.05) is 24.6 Å². The molecule has 0 unspecified atom stereocenters. The van der Waals surface area contributed by atoms with Crippen LogP contribution in [0.25, 0.3) is 0 Å². The summed E-state index contributed by atoms with van der Waals surface area (Å²) in [7, 11) is 0. The van der Waals surface area contributed by atoms with Gasteiger partial charge >= 0.3 is 0 Å². The number of hydrogen-bond acceptors (Lipinski definition) is 4. The Balaban J connectivity index is 2.36. The van der Waals surface area contributed by atoms with Crippen LogP contribution in [-0.2, 0) is 4.74 Å². The standard InChI is InChI=1S/C13H20ClN3O/c1-9(2)10-11(14)15-8-16-12(10)17-5-6-18-13(3,4)7-17/h8-9H,5-7H2,1-4H3. The van der Waals surface area contributed by atoms with Crippen molar-refractivity contribution in [2.45, 2.75) is 39.2 Å². The van der Waals surface area contributed by atoms with Gasteiger partial charge in [-0.05, 0) is 19.8 Å². The molecule has 0 aromatic carbocycles. The lowest BCUT2D eigenvalue weighted by atomic mass is 10.0. The van der Waals surface area contributed by atoms with Gasteiger partial charge in [0.25, 0.3) is 0 Å². The Labute approximate surface area is 113 Å². The molecule has 0 saturated carbocycles. The zero-order valence-electron chi connectivity index (χ0n) is 11.4. The number of aromatic nitrogens is 2. The molecule has 0 N–H and O–H groups in total. The largest absolute Gasteiger partial charge is 0.372 e. The number of halogens is 1. The quantitative estimate of drug-likeness (QED) is 0.774. The summed E-state index contributed by atoms with van der Waals surface area (Å²) in [5.41, 5.74) is 0.876. The lowest BCUT2D eigenvalue weighted by molar-refractivity contribution is -0.0279. The van der Waals surface area contributed by atoms with E-state index in [0.29, 0.717) is 17.7 Å². The monoisotopic (exact) mass is 269 g/mol. The average Bonchev–Trinajstić information content (AvgIpc) is 2.26. The topological polar surface area (TPSA) is 38.2 Å². The highest BCUT2D eigenvalue weighted by molar-refractivity contribution is 6.30. The summed E-state index contributed by atoms with van der Waals surface area (Å²) in [5.74, 6) is 1.25. The van der Waals surface area contributed by atoms with Crippen LogP contribution in [-0.4, -0.2) is 35.3 Å². The van der Waals surface area contributed by atoms with E-state index < -0.39 is 0 Å². The van der Waals surface area contributed by atoms with E-state index in [9.17, 15) is 0 Å². The van der Waals surface area contributed by atoms with Gasteiger partial charge < -0.3 is 9.64 Å². The number of anilines is 1. The summed E-state index contributed by atoms with van der Waals surface area (Å²) in [6.45, 7) is 10.8. The minimum atomic E-state index is -0.149. The number of rotatable bonds is 2. The second-order valence-electron chi connectivity index (χ2n) is 5.59. The SMILES string of the molecule is CC(C)c1c(Cl)ncnc1N1CCOC(C)(C)C1. The third-order valence-electron chi connectivity index (χ3n) is 3.12. The van der Waals surface area contributed by atoms with Gasteiger partial charge in [0, 0.05) is 18.7 Å². The maximum atomic E-state index is 6.21. The molecule has 18 heavy (non-hydrogen) atoms. The van der Waals surface area contributed by atoms with E-state index in [4.69, 9.17) is 16.3 Å². The summed E-state index contributed by atoms with van der Waals surface area (Å²) in [6.07, 6.45) is 1.53. The van der Waals surface area contributed by atoms with E-state index in [0.717, 1.165) is 24.5 Å². The Hall–Kier alpha value is -0.870. The van der Waals surface area contributed by atoms with E-state index in [2.05, 4.69) is 42.6 Å². The van der Waals surface area contributed by atoms with Crippen LogP contribution in [0.4, 0.5) is 5.82 Å². The fourth-order valence-electron chi connectivity index (χ4n) is 2.31. The fourth-order valence-corrected chi connectivity index (χ4v) is 2.66. The molecule has 2 rings (SSSR count). The highest BCUT2D eigenvalue weighted by Crippen LogP contribution is 2.32. The Bertz CT molecular complexity index is 434. The molecule has 0 radical (unpaired) electrons. The minimum Gasteiger partial charge on any atom is -0.372 e. The molecule has 2 heterocycles. The van der Waals surface area contributed by atoms with Crippen LogP contribution in [0.2, 0.25) is 5.15 Å². The lowest BCUT2D eigenvalue weighted by Crippen LogP contribution is -2.49. The molecule has 0 aliphatic carbocycles. The van der Waals surface area contributed by atoms with Crippen LogP contribution >= 0.6 is 11.6 Å². The Morgan fingerprint density at radius 2 is 2.11 bits per heavy atom. The number of ether oxygens (including phenoxy) is 1. The van der Waals surface area contributed by atoms with Crippen molar-refractivity contribution in [1.82, 2.24) is 9.97 Å². The molecular formula is C13H20ClN3O. The average molecular weight is 270 g/mol. The predicted octanol–water partition coefficient (Wildman–Crippen LogP) is 2.87. The van der Waals surface area contributed by atoms with Crippen molar-refractivity contribution in [3.63, 3.8) is 0 Å². The highest BCUT2D eigenvalue weighted by Gasteiger charge is 2.30. The van der Waals surface area contributed by atoms with Crippen molar-refractivity contribution in [2.24, 2.45) is 0 Å². The maximum absolute atomic E-state index is 6.21. The normalized spacial score (nSPS) is 19.3. The first-order valence-corrected chi connectivity index (χ1v) is 6.68. The van der Waals surface area contributed by atoms with E-state index in [1.54, 1.807) is 0 Å². The Morgan fingerprint density at radius 3 is 2.72 bits per heavy atom. The van der Waals surface area contributed by atoms with Gasteiger partial charge in [-0.3, -0.25) is 0 Å². The first-order chi connectivity index (χ1) is 8.41. The van der Waals surface area contributed by atoms with Gasteiger partial charge in [0.05, 0.1) is 12.2 Å².